The highest BCUT2D eigenvalue weighted by Crippen LogP contribution is 2.25. The zero-order chi connectivity index (χ0) is 17.8. The fraction of sp³-hybridized carbons (Fsp3) is 0.118. The van der Waals surface area contributed by atoms with E-state index in [1.54, 1.807) is 37.4 Å². The number of nitrogens with one attached hydrogen (secondary N) is 2. The van der Waals surface area contributed by atoms with Crippen LogP contribution in [0.4, 0.5) is 5.69 Å². The molecule has 0 radical (unpaired) electrons. The van der Waals surface area contributed by atoms with E-state index in [0.717, 1.165) is 5.56 Å². The molecule has 8 heteroatoms. The van der Waals surface area contributed by atoms with Gasteiger partial charge in [0.15, 0.2) is 0 Å². The van der Waals surface area contributed by atoms with Crippen molar-refractivity contribution in [2.75, 3.05) is 12.4 Å². The molecular formula is C17H14Cl2N4O2. The van der Waals surface area contributed by atoms with E-state index in [0.29, 0.717) is 33.1 Å². The van der Waals surface area contributed by atoms with E-state index in [1.165, 1.54) is 0 Å². The van der Waals surface area contributed by atoms with Gasteiger partial charge in [0.1, 0.15) is 0 Å². The largest absolute Gasteiger partial charge is 0.419 e. The third kappa shape index (κ3) is 4.10. The molecule has 0 spiro atoms. The Balaban J connectivity index is 1.73. The van der Waals surface area contributed by atoms with Crippen LogP contribution in [0.2, 0.25) is 10.0 Å². The predicted octanol–water partition coefficient (Wildman–Crippen LogP) is 4.02. The summed E-state index contributed by atoms with van der Waals surface area (Å²) < 4.78 is 5.62. The van der Waals surface area contributed by atoms with Crippen molar-refractivity contribution in [1.82, 2.24) is 15.5 Å². The molecule has 1 heterocycles. The summed E-state index contributed by atoms with van der Waals surface area (Å²) in [6, 6.07) is 12.1. The molecule has 0 unspecified atom stereocenters. The Kier molecular flexibility index (Phi) is 5.21. The van der Waals surface area contributed by atoms with Crippen LogP contribution in [0.1, 0.15) is 16.2 Å². The second-order valence-electron chi connectivity index (χ2n) is 5.14. The van der Waals surface area contributed by atoms with E-state index in [1.807, 2.05) is 12.1 Å². The Morgan fingerprint density at radius 3 is 2.76 bits per heavy atom. The van der Waals surface area contributed by atoms with Crippen LogP contribution >= 0.6 is 23.2 Å². The van der Waals surface area contributed by atoms with Gasteiger partial charge >= 0.3 is 0 Å². The van der Waals surface area contributed by atoms with E-state index >= 15 is 0 Å². The monoisotopic (exact) mass is 376 g/mol. The second-order valence-corrected chi connectivity index (χ2v) is 5.98. The average molecular weight is 377 g/mol. The standard InChI is InChI=1S/C17H14Cl2N4O2/c1-20-16(24)10-5-6-13(19)14(8-10)21-9-15-22-23-17(25-15)11-3-2-4-12(18)7-11/h2-8,21H,9H2,1H3,(H,20,24). The molecule has 6 nitrogen and oxygen atoms in total. The summed E-state index contributed by atoms with van der Waals surface area (Å²) in [6.45, 7) is 0.268. The predicted molar refractivity (Wildman–Crippen MR) is 96.9 cm³/mol. The minimum atomic E-state index is -0.194. The number of rotatable bonds is 5. The molecule has 25 heavy (non-hydrogen) atoms. The molecule has 0 aliphatic carbocycles. The molecule has 0 fully saturated rings. The van der Waals surface area contributed by atoms with Crippen LogP contribution in [0.5, 0.6) is 0 Å². The Labute approximate surface area is 154 Å². The smallest absolute Gasteiger partial charge is 0.251 e. The van der Waals surface area contributed by atoms with Gasteiger partial charge in [-0.25, -0.2) is 0 Å². The normalized spacial score (nSPS) is 10.5. The lowest BCUT2D eigenvalue weighted by molar-refractivity contribution is 0.0963. The van der Waals surface area contributed by atoms with Crippen LogP contribution in [0.3, 0.4) is 0 Å². The molecule has 2 aromatic carbocycles. The Morgan fingerprint density at radius 2 is 2.00 bits per heavy atom. The molecule has 1 amide bonds. The fourth-order valence-electron chi connectivity index (χ4n) is 2.18. The van der Waals surface area contributed by atoms with Gasteiger partial charge in [0.25, 0.3) is 5.91 Å². The number of hydrogen-bond acceptors (Lipinski definition) is 5. The van der Waals surface area contributed by atoms with Crippen LogP contribution in [0, 0.1) is 0 Å². The highest BCUT2D eigenvalue weighted by molar-refractivity contribution is 6.33. The first-order valence-corrected chi connectivity index (χ1v) is 8.16. The van der Waals surface area contributed by atoms with Gasteiger partial charge in [0, 0.05) is 23.2 Å². The molecule has 2 N–H and O–H groups in total. The molecular weight excluding hydrogens is 363 g/mol. The number of halogens is 2. The maximum Gasteiger partial charge on any atom is 0.251 e. The molecule has 1 aromatic heterocycles. The van der Waals surface area contributed by atoms with Gasteiger partial charge in [0.05, 0.1) is 17.3 Å². The number of carbonyl (C=O) groups is 1. The van der Waals surface area contributed by atoms with Gasteiger partial charge in [-0.3, -0.25) is 4.79 Å². The third-order valence-electron chi connectivity index (χ3n) is 3.42. The minimum Gasteiger partial charge on any atom is -0.419 e. The SMILES string of the molecule is CNC(=O)c1ccc(Cl)c(NCc2nnc(-c3cccc(Cl)c3)o2)c1. The number of hydrogen-bond donors (Lipinski definition) is 2. The zero-order valence-electron chi connectivity index (χ0n) is 13.2. The summed E-state index contributed by atoms with van der Waals surface area (Å²) in [5, 5.41) is 14.7. The van der Waals surface area contributed by atoms with Crippen molar-refractivity contribution in [2.45, 2.75) is 6.54 Å². The van der Waals surface area contributed by atoms with Crippen LogP contribution in [0.15, 0.2) is 46.9 Å². The zero-order valence-corrected chi connectivity index (χ0v) is 14.7. The van der Waals surface area contributed by atoms with Gasteiger partial charge in [-0.1, -0.05) is 29.3 Å². The molecule has 0 aliphatic rings. The quantitative estimate of drug-likeness (QED) is 0.702. The van der Waals surface area contributed by atoms with Gasteiger partial charge in [-0.2, -0.15) is 0 Å². The second kappa shape index (κ2) is 7.55. The highest BCUT2D eigenvalue weighted by atomic mass is 35.5. The lowest BCUT2D eigenvalue weighted by atomic mass is 10.2. The molecule has 128 valence electrons. The number of carbonyl (C=O) groups excluding carboxylic acids is 1. The van der Waals surface area contributed by atoms with Crippen molar-refractivity contribution in [2.24, 2.45) is 0 Å². The Bertz CT molecular complexity index is 911. The first kappa shape index (κ1) is 17.3. The van der Waals surface area contributed by atoms with E-state index in [2.05, 4.69) is 20.8 Å². The minimum absolute atomic E-state index is 0.194. The maximum absolute atomic E-state index is 11.7. The molecule has 0 aliphatic heterocycles. The molecule has 0 saturated carbocycles. The number of aromatic nitrogens is 2. The van der Waals surface area contributed by atoms with Crippen LogP contribution in [0.25, 0.3) is 11.5 Å². The summed E-state index contributed by atoms with van der Waals surface area (Å²) >= 11 is 12.1. The van der Waals surface area contributed by atoms with Crippen molar-refractivity contribution < 1.29 is 9.21 Å². The highest BCUT2D eigenvalue weighted by Gasteiger charge is 2.11. The first-order valence-electron chi connectivity index (χ1n) is 7.40. The number of amides is 1. The topological polar surface area (TPSA) is 80.0 Å². The van der Waals surface area contributed by atoms with Crippen LogP contribution in [-0.2, 0) is 6.54 Å². The molecule has 0 bridgehead atoms. The number of anilines is 1. The van der Waals surface area contributed by atoms with Crippen molar-refractivity contribution in [3.63, 3.8) is 0 Å². The number of benzene rings is 2. The summed E-state index contributed by atoms with van der Waals surface area (Å²) in [5.74, 6) is 0.571. The van der Waals surface area contributed by atoms with E-state index in [4.69, 9.17) is 27.6 Å². The van der Waals surface area contributed by atoms with Gasteiger partial charge in [0.2, 0.25) is 11.8 Å². The van der Waals surface area contributed by atoms with Crippen LogP contribution < -0.4 is 10.6 Å². The fourth-order valence-corrected chi connectivity index (χ4v) is 2.56. The summed E-state index contributed by atoms with van der Waals surface area (Å²) in [6.07, 6.45) is 0. The van der Waals surface area contributed by atoms with E-state index < -0.39 is 0 Å². The maximum atomic E-state index is 11.7. The molecule has 0 atom stereocenters. The van der Waals surface area contributed by atoms with E-state index in [9.17, 15) is 4.79 Å². The lowest BCUT2D eigenvalue weighted by Gasteiger charge is -2.08. The van der Waals surface area contributed by atoms with Crippen molar-refractivity contribution >= 4 is 34.8 Å². The van der Waals surface area contributed by atoms with Gasteiger partial charge < -0.3 is 15.1 Å². The van der Waals surface area contributed by atoms with Gasteiger partial charge in [-0.15, -0.1) is 10.2 Å². The van der Waals surface area contributed by atoms with Crippen molar-refractivity contribution in [1.29, 1.82) is 0 Å². The average Bonchev–Trinajstić information content (AvgIpc) is 3.09. The molecule has 0 saturated heterocycles. The summed E-state index contributed by atoms with van der Waals surface area (Å²) in [4.78, 5) is 11.7. The van der Waals surface area contributed by atoms with Crippen molar-refractivity contribution in [3.05, 3.63) is 64.0 Å². The summed E-state index contributed by atoms with van der Waals surface area (Å²) in [7, 11) is 1.57. The molecule has 3 rings (SSSR count). The first-order chi connectivity index (χ1) is 12.1. The van der Waals surface area contributed by atoms with Crippen molar-refractivity contribution in [3.8, 4) is 11.5 Å². The Morgan fingerprint density at radius 1 is 1.16 bits per heavy atom. The molecule has 3 aromatic rings. The lowest BCUT2D eigenvalue weighted by Crippen LogP contribution is -2.17. The Hall–Kier alpha value is -2.57. The number of nitrogens with zero attached hydrogens (tertiary/aromatic N) is 2. The summed E-state index contributed by atoms with van der Waals surface area (Å²) in [5.41, 5.74) is 1.84. The van der Waals surface area contributed by atoms with Gasteiger partial charge in [-0.05, 0) is 36.4 Å². The van der Waals surface area contributed by atoms with Crippen LogP contribution in [-0.4, -0.2) is 23.2 Å². The van der Waals surface area contributed by atoms with E-state index in [-0.39, 0.29) is 12.5 Å². The third-order valence-corrected chi connectivity index (χ3v) is 3.99.